The van der Waals surface area contributed by atoms with E-state index in [2.05, 4.69) is 9.44 Å². The highest BCUT2D eigenvalue weighted by Gasteiger charge is 2.33. The zero-order chi connectivity index (χ0) is 37.1. The van der Waals surface area contributed by atoms with Crippen molar-refractivity contribution >= 4 is 31.9 Å². The fourth-order valence-electron chi connectivity index (χ4n) is 5.63. The predicted molar refractivity (Wildman–Crippen MR) is 196 cm³/mol. The molecule has 2 atom stereocenters. The summed E-state index contributed by atoms with van der Waals surface area (Å²) in [7, 11) is -8.12. The number of sulfonamides is 2. The molecule has 276 valence electrons. The van der Waals surface area contributed by atoms with Crippen LogP contribution in [-0.4, -0.2) is 91.1 Å². The lowest BCUT2D eigenvalue weighted by Crippen LogP contribution is -2.47. The molecular formula is C38H44N4O8S2. The molecule has 52 heavy (non-hydrogen) atoms. The van der Waals surface area contributed by atoms with E-state index in [1.54, 1.807) is 84.9 Å². The van der Waals surface area contributed by atoms with Crippen LogP contribution in [0, 0.1) is 13.8 Å². The lowest BCUT2D eigenvalue weighted by molar-refractivity contribution is -0.136. The van der Waals surface area contributed by atoms with Crippen LogP contribution in [0.2, 0.25) is 0 Å². The first kappa shape index (κ1) is 38.8. The Morgan fingerprint density at radius 3 is 1.13 bits per heavy atom. The molecule has 1 fully saturated rings. The van der Waals surface area contributed by atoms with Crippen LogP contribution in [0.4, 0.5) is 0 Å². The molecule has 1 saturated heterocycles. The van der Waals surface area contributed by atoms with Gasteiger partial charge >= 0.3 is 0 Å². The molecule has 0 aromatic heterocycles. The van der Waals surface area contributed by atoms with Gasteiger partial charge in [-0.3, -0.25) is 9.59 Å². The molecule has 0 aliphatic carbocycles. The van der Waals surface area contributed by atoms with Gasteiger partial charge in [-0.25, -0.2) is 16.8 Å². The second-order valence-corrected chi connectivity index (χ2v) is 15.9. The highest BCUT2D eigenvalue weighted by Crippen LogP contribution is 2.22. The van der Waals surface area contributed by atoms with Crippen LogP contribution < -0.4 is 9.44 Å². The summed E-state index contributed by atoms with van der Waals surface area (Å²) in [5.74, 6) is -0.927. The van der Waals surface area contributed by atoms with Gasteiger partial charge in [0.05, 0.1) is 36.2 Å². The SMILES string of the molecule is Cc1ccc(S(=O)(=O)N[C@H](C(=O)N2CCOCCN(C(=O)[C@@H](NS(=O)(=O)c3ccc(C)cc3)c3ccccc3)CCOCC2)c2ccccc2)cc1. The van der Waals surface area contributed by atoms with Crippen molar-refractivity contribution in [3.63, 3.8) is 0 Å². The van der Waals surface area contributed by atoms with E-state index in [0.717, 1.165) is 11.1 Å². The maximum absolute atomic E-state index is 14.0. The van der Waals surface area contributed by atoms with Crippen LogP contribution in [0.1, 0.15) is 34.3 Å². The summed E-state index contributed by atoms with van der Waals surface area (Å²) < 4.78 is 70.6. The van der Waals surface area contributed by atoms with Crippen molar-refractivity contribution in [2.75, 3.05) is 52.6 Å². The van der Waals surface area contributed by atoms with Gasteiger partial charge in [-0.15, -0.1) is 0 Å². The highest BCUT2D eigenvalue weighted by atomic mass is 32.2. The minimum Gasteiger partial charge on any atom is -0.378 e. The van der Waals surface area contributed by atoms with E-state index in [1.165, 1.54) is 34.1 Å². The van der Waals surface area contributed by atoms with E-state index in [1.807, 2.05) is 13.8 Å². The molecule has 0 saturated carbocycles. The number of hydrogen-bond acceptors (Lipinski definition) is 8. The van der Waals surface area contributed by atoms with Crippen LogP contribution in [0.15, 0.2) is 119 Å². The lowest BCUT2D eigenvalue weighted by Gasteiger charge is -2.30. The second-order valence-electron chi connectivity index (χ2n) is 12.4. The molecule has 4 aromatic rings. The molecule has 1 aliphatic rings. The summed E-state index contributed by atoms with van der Waals surface area (Å²) in [5.41, 5.74) is 2.77. The number of benzene rings is 4. The molecule has 0 bridgehead atoms. The first-order chi connectivity index (χ1) is 24.9. The second kappa shape index (κ2) is 17.9. The fourth-order valence-corrected chi connectivity index (χ4v) is 7.98. The molecule has 2 amide bonds. The Hall–Kier alpha value is -4.44. The average Bonchev–Trinajstić information content (AvgIpc) is 3.14. The first-order valence-corrected chi connectivity index (χ1v) is 19.9. The van der Waals surface area contributed by atoms with E-state index < -0.39 is 43.9 Å². The lowest BCUT2D eigenvalue weighted by atomic mass is 10.1. The maximum Gasteiger partial charge on any atom is 0.245 e. The molecule has 1 aliphatic heterocycles. The molecule has 2 N–H and O–H groups in total. The molecule has 5 rings (SSSR count). The number of hydrogen-bond donors (Lipinski definition) is 2. The average molecular weight is 749 g/mol. The Balaban J connectivity index is 1.28. The molecule has 0 spiro atoms. The van der Waals surface area contributed by atoms with E-state index >= 15 is 0 Å². The quantitative estimate of drug-likeness (QED) is 0.249. The van der Waals surface area contributed by atoms with Crippen molar-refractivity contribution in [2.45, 2.75) is 35.7 Å². The largest absolute Gasteiger partial charge is 0.378 e. The predicted octanol–water partition coefficient (Wildman–Crippen LogP) is 3.75. The van der Waals surface area contributed by atoms with E-state index in [-0.39, 0.29) is 62.4 Å². The summed E-state index contributed by atoms with van der Waals surface area (Å²) >= 11 is 0. The Bertz CT molecular complexity index is 1840. The third kappa shape index (κ3) is 10.3. The topological polar surface area (TPSA) is 151 Å². The summed E-state index contributed by atoms with van der Waals surface area (Å²) in [6.45, 7) is 4.65. The van der Waals surface area contributed by atoms with Gasteiger partial charge in [0, 0.05) is 26.2 Å². The highest BCUT2D eigenvalue weighted by molar-refractivity contribution is 7.89. The molecule has 14 heteroatoms. The zero-order valence-electron chi connectivity index (χ0n) is 29.2. The fraction of sp³-hybridized carbons (Fsp3) is 0.316. The van der Waals surface area contributed by atoms with E-state index in [0.29, 0.717) is 11.1 Å². The van der Waals surface area contributed by atoms with Crippen LogP contribution in [0.5, 0.6) is 0 Å². The van der Waals surface area contributed by atoms with Gasteiger partial charge in [0.1, 0.15) is 12.1 Å². The van der Waals surface area contributed by atoms with Crippen molar-refractivity contribution in [2.24, 2.45) is 0 Å². The number of rotatable bonds is 10. The maximum atomic E-state index is 14.0. The van der Waals surface area contributed by atoms with Crippen molar-refractivity contribution < 1.29 is 35.9 Å². The van der Waals surface area contributed by atoms with Gasteiger partial charge in [0.15, 0.2) is 0 Å². The van der Waals surface area contributed by atoms with Gasteiger partial charge in [-0.05, 0) is 49.2 Å². The molecule has 0 unspecified atom stereocenters. The number of aryl methyl sites for hydroxylation is 2. The first-order valence-electron chi connectivity index (χ1n) is 17.0. The third-order valence-electron chi connectivity index (χ3n) is 8.61. The molecular weight excluding hydrogens is 705 g/mol. The Morgan fingerprint density at radius 1 is 0.519 bits per heavy atom. The molecule has 12 nitrogen and oxygen atoms in total. The number of nitrogens with one attached hydrogen (secondary N) is 2. The monoisotopic (exact) mass is 748 g/mol. The Labute approximate surface area is 305 Å². The van der Waals surface area contributed by atoms with Crippen molar-refractivity contribution in [3.8, 4) is 0 Å². The van der Waals surface area contributed by atoms with Gasteiger partial charge in [0.2, 0.25) is 31.9 Å². The number of amides is 2. The van der Waals surface area contributed by atoms with Gasteiger partial charge < -0.3 is 19.3 Å². The Morgan fingerprint density at radius 2 is 0.827 bits per heavy atom. The van der Waals surface area contributed by atoms with Crippen molar-refractivity contribution in [3.05, 3.63) is 131 Å². The number of ether oxygens (including phenoxy) is 2. The summed E-state index contributed by atoms with van der Waals surface area (Å²) in [4.78, 5) is 31.2. The zero-order valence-corrected chi connectivity index (χ0v) is 30.8. The van der Waals surface area contributed by atoms with Crippen LogP contribution in [0.3, 0.4) is 0 Å². The summed E-state index contributed by atoms with van der Waals surface area (Å²) in [6, 6.07) is 27.7. The van der Waals surface area contributed by atoms with Crippen LogP contribution in [-0.2, 0) is 39.1 Å². The molecule has 0 radical (unpaired) electrons. The van der Waals surface area contributed by atoms with Crippen molar-refractivity contribution in [1.82, 2.24) is 19.2 Å². The molecule has 1 heterocycles. The van der Waals surface area contributed by atoms with E-state index in [9.17, 15) is 26.4 Å². The minimum absolute atomic E-state index is 0.0451. The standard InChI is InChI=1S/C38H44N4O8S2/c1-29-13-17-33(18-14-29)51(45,46)39-35(31-9-5-3-6-10-31)37(43)41-21-25-49-27-23-42(24-28-50-26-22-41)38(44)36(32-11-7-4-8-12-32)40-52(47,48)34-19-15-30(2)16-20-34/h3-20,35-36,39-40H,21-28H2,1-2H3/t35-,36-/m0/s1. The smallest absolute Gasteiger partial charge is 0.245 e. The normalized spacial score (nSPS) is 16.3. The minimum atomic E-state index is -4.06. The third-order valence-corrected chi connectivity index (χ3v) is 11.5. The van der Waals surface area contributed by atoms with E-state index in [4.69, 9.17) is 9.47 Å². The van der Waals surface area contributed by atoms with Gasteiger partial charge in [0.25, 0.3) is 0 Å². The van der Waals surface area contributed by atoms with Crippen LogP contribution in [0.25, 0.3) is 0 Å². The number of nitrogens with zero attached hydrogens (tertiary/aromatic N) is 2. The van der Waals surface area contributed by atoms with Crippen molar-refractivity contribution in [1.29, 1.82) is 0 Å². The summed E-state index contributed by atoms with van der Waals surface area (Å²) in [6.07, 6.45) is 0. The molecule has 4 aromatic carbocycles. The van der Waals surface area contributed by atoms with Crippen LogP contribution >= 0.6 is 0 Å². The van der Waals surface area contributed by atoms with Gasteiger partial charge in [-0.1, -0.05) is 96.1 Å². The van der Waals surface area contributed by atoms with Gasteiger partial charge in [-0.2, -0.15) is 9.44 Å². The number of carbonyl (C=O) groups is 2. The number of carbonyl (C=O) groups excluding carboxylic acids is 2. The Kier molecular flexibility index (Phi) is 13.3. The summed E-state index contributed by atoms with van der Waals surface area (Å²) in [5, 5.41) is 0.